The molecule has 1 aliphatic rings. The summed E-state index contributed by atoms with van der Waals surface area (Å²) in [5.74, 6) is 3.09. The molecule has 1 fully saturated rings. The van der Waals surface area contributed by atoms with Crippen molar-refractivity contribution >= 4 is 11.6 Å². The Morgan fingerprint density at radius 2 is 2.06 bits per heavy atom. The van der Waals surface area contributed by atoms with Crippen molar-refractivity contribution in [1.29, 1.82) is 0 Å². The first-order chi connectivity index (χ1) is 15.9. The molecule has 2 aromatic rings. The number of aliphatic hydroxyl groups is 1. The van der Waals surface area contributed by atoms with Crippen LogP contribution in [-0.2, 0) is 6.54 Å². The lowest BCUT2D eigenvalue weighted by Crippen LogP contribution is -2.53. The van der Waals surface area contributed by atoms with Crippen molar-refractivity contribution in [3.05, 3.63) is 36.2 Å². The maximum Gasteiger partial charge on any atom is 0.161 e. The quantitative estimate of drug-likeness (QED) is 0.413. The van der Waals surface area contributed by atoms with E-state index < -0.39 is 5.60 Å². The highest BCUT2D eigenvalue weighted by atomic mass is 16.5. The maximum absolute atomic E-state index is 11.2. The largest absolute Gasteiger partial charge is 0.493 e. The predicted molar refractivity (Wildman–Crippen MR) is 131 cm³/mol. The molecular weight excluding hydrogens is 420 g/mol. The fourth-order valence-electron chi connectivity index (χ4n) is 4.05. The molecule has 0 unspecified atom stereocenters. The summed E-state index contributed by atoms with van der Waals surface area (Å²) in [7, 11) is 7.60. The van der Waals surface area contributed by atoms with Crippen LogP contribution in [-0.4, -0.2) is 86.6 Å². The van der Waals surface area contributed by atoms with Crippen molar-refractivity contribution in [2.45, 2.75) is 31.4 Å². The SMILES string of the molecule is CNc1cc(N2CCC[C@@](O)(CNCc3ccc(OCCCN(C)C)c(OC)c3)C2)ncn1. The molecule has 1 atom stereocenters. The van der Waals surface area contributed by atoms with Crippen molar-refractivity contribution in [2.75, 3.05) is 71.3 Å². The molecule has 3 N–H and O–H groups in total. The number of anilines is 2. The number of nitrogens with one attached hydrogen (secondary N) is 2. The summed E-state index contributed by atoms with van der Waals surface area (Å²) in [4.78, 5) is 12.8. The third-order valence-corrected chi connectivity index (χ3v) is 5.81. The molecule has 0 saturated carbocycles. The van der Waals surface area contributed by atoms with Crippen molar-refractivity contribution in [3.63, 3.8) is 0 Å². The van der Waals surface area contributed by atoms with Crippen LogP contribution in [0, 0.1) is 0 Å². The molecule has 33 heavy (non-hydrogen) atoms. The smallest absolute Gasteiger partial charge is 0.161 e. The average Bonchev–Trinajstić information content (AvgIpc) is 2.82. The van der Waals surface area contributed by atoms with Crippen LogP contribution in [0.5, 0.6) is 11.5 Å². The number of nitrogens with zero attached hydrogens (tertiary/aromatic N) is 4. The van der Waals surface area contributed by atoms with E-state index in [0.717, 1.165) is 61.1 Å². The van der Waals surface area contributed by atoms with Crippen molar-refractivity contribution in [3.8, 4) is 11.5 Å². The highest BCUT2D eigenvalue weighted by Gasteiger charge is 2.33. The first kappa shape index (κ1) is 25.0. The van der Waals surface area contributed by atoms with Crippen LogP contribution in [0.3, 0.4) is 0 Å². The van der Waals surface area contributed by atoms with Crippen LogP contribution in [0.2, 0.25) is 0 Å². The van der Waals surface area contributed by atoms with Gasteiger partial charge >= 0.3 is 0 Å². The number of hydrogen-bond donors (Lipinski definition) is 3. The molecule has 3 rings (SSSR count). The van der Waals surface area contributed by atoms with Gasteiger partial charge in [-0.2, -0.15) is 0 Å². The van der Waals surface area contributed by atoms with Crippen LogP contribution in [0.4, 0.5) is 11.6 Å². The van der Waals surface area contributed by atoms with Gasteiger partial charge in [0, 0.05) is 45.8 Å². The minimum atomic E-state index is -0.817. The highest BCUT2D eigenvalue weighted by molar-refractivity contribution is 5.48. The summed E-state index contributed by atoms with van der Waals surface area (Å²) in [6, 6.07) is 7.90. The molecule has 1 saturated heterocycles. The Labute approximate surface area is 197 Å². The van der Waals surface area contributed by atoms with E-state index in [9.17, 15) is 5.11 Å². The van der Waals surface area contributed by atoms with Crippen LogP contribution < -0.4 is 25.0 Å². The van der Waals surface area contributed by atoms with Gasteiger partial charge < -0.3 is 35.0 Å². The van der Waals surface area contributed by atoms with Crippen LogP contribution >= 0.6 is 0 Å². The monoisotopic (exact) mass is 458 g/mol. The zero-order chi connectivity index (χ0) is 23.7. The molecule has 0 aliphatic carbocycles. The molecule has 9 heteroatoms. The van der Waals surface area contributed by atoms with Gasteiger partial charge in [-0.1, -0.05) is 6.07 Å². The zero-order valence-corrected chi connectivity index (χ0v) is 20.3. The van der Waals surface area contributed by atoms with Gasteiger partial charge in [-0.15, -0.1) is 0 Å². The van der Waals surface area contributed by atoms with E-state index in [2.05, 4.69) is 44.5 Å². The van der Waals surface area contributed by atoms with Crippen LogP contribution in [0.25, 0.3) is 0 Å². The minimum absolute atomic E-state index is 0.499. The lowest BCUT2D eigenvalue weighted by Gasteiger charge is -2.40. The van der Waals surface area contributed by atoms with E-state index in [0.29, 0.717) is 26.2 Å². The molecule has 9 nitrogen and oxygen atoms in total. The third-order valence-electron chi connectivity index (χ3n) is 5.81. The Morgan fingerprint density at radius 3 is 2.82 bits per heavy atom. The fraction of sp³-hybridized carbons (Fsp3) is 0.583. The van der Waals surface area contributed by atoms with Crippen LogP contribution in [0.15, 0.2) is 30.6 Å². The highest BCUT2D eigenvalue weighted by Crippen LogP contribution is 2.29. The molecule has 1 aromatic heterocycles. The lowest BCUT2D eigenvalue weighted by molar-refractivity contribution is 0.0259. The van der Waals surface area contributed by atoms with Crippen molar-refractivity contribution in [1.82, 2.24) is 20.2 Å². The molecule has 1 aliphatic heterocycles. The second-order valence-corrected chi connectivity index (χ2v) is 8.85. The van der Waals surface area contributed by atoms with Gasteiger partial charge in [0.2, 0.25) is 0 Å². The number of piperidine rings is 1. The standard InChI is InChI=1S/C24H38N6O3/c1-25-22-14-23(28-18-27-22)30-11-5-9-24(31,17-30)16-26-15-19-7-8-20(21(13-19)32-4)33-12-6-10-29(2)3/h7-8,13-14,18,26,31H,5-6,9-12,15-17H2,1-4H3,(H,25,27,28)/t24-/m1/s1. The molecule has 1 aromatic carbocycles. The van der Waals surface area contributed by atoms with Gasteiger partial charge in [0.05, 0.1) is 19.3 Å². The van der Waals surface area contributed by atoms with E-state index in [-0.39, 0.29) is 0 Å². The summed E-state index contributed by atoms with van der Waals surface area (Å²) < 4.78 is 11.4. The van der Waals surface area contributed by atoms with Gasteiger partial charge in [-0.3, -0.25) is 0 Å². The third kappa shape index (κ3) is 7.45. The average molecular weight is 459 g/mol. The lowest BCUT2D eigenvalue weighted by atomic mass is 9.92. The molecule has 0 amide bonds. The van der Waals surface area contributed by atoms with Gasteiger partial charge in [0.15, 0.2) is 11.5 Å². The number of methoxy groups -OCH3 is 1. The topological polar surface area (TPSA) is 95.0 Å². The summed E-state index contributed by atoms with van der Waals surface area (Å²) in [6.07, 6.45) is 4.17. The number of aromatic nitrogens is 2. The number of β-amino-alcohol motifs (C(OH)–C–C–N with tert-alkyl or cyclic N) is 1. The zero-order valence-electron chi connectivity index (χ0n) is 20.3. The Morgan fingerprint density at radius 1 is 1.21 bits per heavy atom. The van der Waals surface area contributed by atoms with E-state index in [1.165, 1.54) is 0 Å². The second-order valence-electron chi connectivity index (χ2n) is 8.85. The fourth-order valence-corrected chi connectivity index (χ4v) is 4.05. The number of benzene rings is 1. The normalized spacial score (nSPS) is 18.4. The minimum Gasteiger partial charge on any atom is -0.493 e. The molecule has 0 bridgehead atoms. The Kier molecular flexibility index (Phi) is 9.11. The van der Waals surface area contributed by atoms with E-state index in [4.69, 9.17) is 9.47 Å². The van der Waals surface area contributed by atoms with Gasteiger partial charge in [-0.25, -0.2) is 9.97 Å². The maximum atomic E-state index is 11.2. The number of rotatable bonds is 12. The molecule has 2 heterocycles. The Hall–Kier alpha value is -2.62. The summed E-state index contributed by atoms with van der Waals surface area (Å²) in [6.45, 7) is 4.17. The summed E-state index contributed by atoms with van der Waals surface area (Å²) in [5.41, 5.74) is 0.265. The van der Waals surface area contributed by atoms with Crippen molar-refractivity contribution < 1.29 is 14.6 Å². The molecule has 182 valence electrons. The van der Waals surface area contributed by atoms with Crippen LogP contribution in [0.1, 0.15) is 24.8 Å². The summed E-state index contributed by atoms with van der Waals surface area (Å²) >= 11 is 0. The van der Waals surface area contributed by atoms with E-state index in [1.807, 2.05) is 31.3 Å². The van der Waals surface area contributed by atoms with Gasteiger partial charge in [-0.05, 0) is 51.1 Å². The first-order valence-electron chi connectivity index (χ1n) is 11.5. The Bertz CT molecular complexity index is 881. The first-order valence-corrected chi connectivity index (χ1v) is 11.5. The van der Waals surface area contributed by atoms with E-state index >= 15 is 0 Å². The summed E-state index contributed by atoms with van der Waals surface area (Å²) in [5, 5.41) is 17.7. The number of ether oxygens (including phenoxy) is 2. The second kappa shape index (κ2) is 12.0. The van der Waals surface area contributed by atoms with Crippen molar-refractivity contribution in [2.24, 2.45) is 0 Å². The predicted octanol–water partition coefficient (Wildman–Crippen LogP) is 1.98. The molecule has 0 spiro atoms. The Balaban J connectivity index is 1.52. The molecular formula is C24H38N6O3. The number of hydrogen-bond acceptors (Lipinski definition) is 9. The molecule has 0 radical (unpaired) electrons. The van der Waals surface area contributed by atoms with E-state index in [1.54, 1.807) is 13.4 Å². The van der Waals surface area contributed by atoms with Gasteiger partial charge in [0.1, 0.15) is 18.0 Å². The van der Waals surface area contributed by atoms with Gasteiger partial charge in [0.25, 0.3) is 0 Å².